The van der Waals surface area contributed by atoms with E-state index in [9.17, 15) is 19.2 Å². The van der Waals surface area contributed by atoms with Gasteiger partial charge in [0.2, 0.25) is 0 Å². The van der Waals surface area contributed by atoms with Crippen molar-refractivity contribution in [2.24, 2.45) is 0 Å². The van der Waals surface area contributed by atoms with Crippen LogP contribution < -0.4 is 9.47 Å². The summed E-state index contributed by atoms with van der Waals surface area (Å²) in [4.78, 5) is 47.2. The summed E-state index contributed by atoms with van der Waals surface area (Å²) < 4.78 is 16.1. The minimum atomic E-state index is -0.793. The summed E-state index contributed by atoms with van der Waals surface area (Å²) in [6.45, 7) is 5.58. The molecule has 2 aromatic rings. The van der Waals surface area contributed by atoms with Gasteiger partial charge >= 0.3 is 11.9 Å². The highest BCUT2D eigenvalue weighted by Gasteiger charge is 2.25. The summed E-state index contributed by atoms with van der Waals surface area (Å²) in [5, 5.41) is 0. The lowest BCUT2D eigenvalue weighted by atomic mass is 10.1. The summed E-state index contributed by atoms with van der Waals surface area (Å²) in [5.41, 5.74) is 0.581. The fourth-order valence-corrected chi connectivity index (χ4v) is 2.35. The highest BCUT2D eigenvalue weighted by Crippen LogP contribution is 2.36. The molecular formula is C22H20O7. The van der Waals surface area contributed by atoms with Crippen LogP contribution in [0.2, 0.25) is 0 Å². The Kier molecular flexibility index (Phi) is 7.85. The van der Waals surface area contributed by atoms with Gasteiger partial charge in [0.05, 0.1) is 17.7 Å². The lowest BCUT2D eigenvalue weighted by molar-refractivity contribution is 0.0498. The number of esters is 2. The monoisotopic (exact) mass is 396 g/mol. The van der Waals surface area contributed by atoms with Gasteiger partial charge in [-0.15, -0.1) is 0 Å². The van der Waals surface area contributed by atoms with E-state index < -0.39 is 11.9 Å². The van der Waals surface area contributed by atoms with Crippen LogP contribution in [0.15, 0.2) is 49.1 Å². The summed E-state index contributed by atoms with van der Waals surface area (Å²) in [6, 6.07) is 8.45. The second kappa shape index (κ2) is 10.6. The van der Waals surface area contributed by atoms with Crippen molar-refractivity contribution in [2.45, 2.75) is 13.3 Å². The van der Waals surface area contributed by atoms with Crippen LogP contribution in [-0.2, 0) is 4.74 Å². The van der Waals surface area contributed by atoms with E-state index in [-0.39, 0.29) is 41.4 Å². The van der Waals surface area contributed by atoms with E-state index in [0.717, 1.165) is 0 Å². The van der Waals surface area contributed by atoms with Crippen LogP contribution in [0.1, 0.15) is 54.8 Å². The Bertz CT molecular complexity index is 914. The van der Waals surface area contributed by atoms with Crippen LogP contribution >= 0.6 is 0 Å². The van der Waals surface area contributed by atoms with Crippen molar-refractivity contribution < 1.29 is 33.4 Å². The Hall–Kier alpha value is -3.74. The van der Waals surface area contributed by atoms with Crippen molar-refractivity contribution in [3.63, 3.8) is 0 Å². The number of hydrogen-bond acceptors (Lipinski definition) is 7. The van der Waals surface area contributed by atoms with Crippen LogP contribution in [0.3, 0.4) is 0 Å². The van der Waals surface area contributed by atoms with Crippen LogP contribution in [0, 0.1) is 0 Å². The molecule has 0 aliphatic heterocycles. The first kappa shape index (κ1) is 21.6. The van der Waals surface area contributed by atoms with Crippen molar-refractivity contribution in [1.29, 1.82) is 0 Å². The Morgan fingerprint density at radius 1 is 0.966 bits per heavy atom. The topological polar surface area (TPSA) is 96.0 Å². The highest BCUT2D eigenvalue weighted by molar-refractivity contribution is 5.99. The molecule has 7 heteroatoms. The molecule has 0 aliphatic carbocycles. The first-order chi connectivity index (χ1) is 14.0. The van der Waals surface area contributed by atoms with Crippen molar-refractivity contribution in [1.82, 2.24) is 0 Å². The van der Waals surface area contributed by atoms with Crippen molar-refractivity contribution >= 4 is 24.5 Å². The Balaban J connectivity index is 2.48. The first-order valence-electron chi connectivity index (χ1n) is 8.86. The van der Waals surface area contributed by atoms with E-state index in [1.165, 1.54) is 42.5 Å². The van der Waals surface area contributed by atoms with Gasteiger partial charge in [-0.3, -0.25) is 9.59 Å². The van der Waals surface area contributed by atoms with Gasteiger partial charge in [0.15, 0.2) is 17.8 Å². The molecule has 0 heterocycles. The first-order valence-corrected chi connectivity index (χ1v) is 8.86. The van der Waals surface area contributed by atoms with Gasteiger partial charge < -0.3 is 14.2 Å². The Morgan fingerprint density at radius 2 is 1.69 bits per heavy atom. The maximum atomic E-state index is 12.6. The zero-order valence-electron chi connectivity index (χ0n) is 15.9. The van der Waals surface area contributed by atoms with Gasteiger partial charge in [0.1, 0.15) is 18.5 Å². The van der Waals surface area contributed by atoms with Crippen molar-refractivity contribution in [2.75, 3.05) is 13.2 Å². The summed E-state index contributed by atoms with van der Waals surface area (Å²) in [6.07, 6.45) is 3.22. The molecule has 0 amide bonds. The van der Waals surface area contributed by atoms with Crippen LogP contribution in [-0.4, -0.2) is 37.7 Å². The van der Waals surface area contributed by atoms with E-state index in [2.05, 4.69) is 6.58 Å². The fourth-order valence-electron chi connectivity index (χ4n) is 2.35. The number of benzene rings is 2. The Labute approximate surface area is 167 Å². The molecule has 0 aromatic heterocycles. The van der Waals surface area contributed by atoms with E-state index >= 15 is 0 Å². The van der Waals surface area contributed by atoms with Gasteiger partial charge in [0, 0.05) is 5.56 Å². The third-order valence-electron chi connectivity index (χ3n) is 3.75. The average molecular weight is 396 g/mol. The molecule has 0 radical (unpaired) electrons. The molecule has 150 valence electrons. The highest BCUT2D eigenvalue weighted by atomic mass is 16.6. The largest absolute Gasteiger partial charge is 0.485 e. The lowest BCUT2D eigenvalue weighted by Gasteiger charge is -2.16. The van der Waals surface area contributed by atoms with E-state index in [0.29, 0.717) is 24.6 Å². The SMILES string of the molecule is C=CCOc1c(C=O)ccc(C(=O)OCCC)c1OC(=O)c1ccc(C=O)cc1. The molecule has 2 rings (SSSR count). The predicted molar refractivity (Wildman–Crippen MR) is 105 cm³/mol. The zero-order chi connectivity index (χ0) is 21.2. The van der Waals surface area contributed by atoms with E-state index in [4.69, 9.17) is 14.2 Å². The smallest absolute Gasteiger partial charge is 0.343 e. The molecular weight excluding hydrogens is 376 g/mol. The number of ether oxygens (including phenoxy) is 3. The second-order valence-corrected chi connectivity index (χ2v) is 5.84. The van der Waals surface area contributed by atoms with Gasteiger partial charge in [-0.05, 0) is 30.7 Å². The molecule has 0 N–H and O–H groups in total. The molecule has 0 saturated carbocycles. The second-order valence-electron chi connectivity index (χ2n) is 5.84. The normalized spacial score (nSPS) is 9.97. The maximum absolute atomic E-state index is 12.6. The Morgan fingerprint density at radius 3 is 2.28 bits per heavy atom. The minimum Gasteiger partial charge on any atom is -0.485 e. The van der Waals surface area contributed by atoms with Crippen LogP contribution in [0.4, 0.5) is 0 Å². The standard InChI is InChI=1S/C22H20O7/c1-3-11-27-19-17(14-24)9-10-18(22(26)28-12-4-2)20(19)29-21(25)16-7-5-15(13-23)6-8-16/h3,5-10,13-14H,1,4,11-12H2,2H3. The van der Waals surface area contributed by atoms with Crippen LogP contribution in [0.5, 0.6) is 11.5 Å². The van der Waals surface area contributed by atoms with E-state index in [1.54, 1.807) is 0 Å². The third kappa shape index (κ3) is 5.38. The predicted octanol–water partition coefficient (Wildman–Crippen LogP) is 3.66. The van der Waals surface area contributed by atoms with Crippen LogP contribution in [0.25, 0.3) is 0 Å². The molecule has 0 aliphatic rings. The molecule has 0 saturated heterocycles. The number of rotatable bonds is 10. The molecule has 0 bridgehead atoms. The summed E-state index contributed by atoms with van der Waals surface area (Å²) >= 11 is 0. The van der Waals surface area contributed by atoms with Gasteiger partial charge in [-0.25, -0.2) is 9.59 Å². The molecule has 0 spiro atoms. The number of carbonyl (C=O) groups excluding carboxylic acids is 4. The number of hydrogen-bond donors (Lipinski definition) is 0. The molecule has 2 aromatic carbocycles. The van der Waals surface area contributed by atoms with Gasteiger partial charge in [-0.2, -0.15) is 0 Å². The number of carbonyl (C=O) groups is 4. The van der Waals surface area contributed by atoms with Crippen molar-refractivity contribution in [3.8, 4) is 11.5 Å². The molecule has 0 atom stereocenters. The van der Waals surface area contributed by atoms with Crippen molar-refractivity contribution in [3.05, 3.63) is 71.3 Å². The van der Waals surface area contributed by atoms with Gasteiger partial charge in [-0.1, -0.05) is 31.7 Å². The molecule has 29 heavy (non-hydrogen) atoms. The van der Waals surface area contributed by atoms with E-state index in [1.807, 2.05) is 6.92 Å². The summed E-state index contributed by atoms with van der Waals surface area (Å²) in [5.74, 6) is -1.80. The van der Waals surface area contributed by atoms with Gasteiger partial charge in [0.25, 0.3) is 0 Å². The zero-order valence-corrected chi connectivity index (χ0v) is 15.9. The average Bonchev–Trinajstić information content (AvgIpc) is 2.76. The molecule has 0 unspecified atom stereocenters. The fraction of sp³-hybridized carbons (Fsp3) is 0.182. The third-order valence-corrected chi connectivity index (χ3v) is 3.75. The maximum Gasteiger partial charge on any atom is 0.343 e. The molecule has 0 fully saturated rings. The summed E-state index contributed by atoms with van der Waals surface area (Å²) in [7, 11) is 0. The number of aldehydes is 2. The lowest BCUT2D eigenvalue weighted by Crippen LogP contribution is -2.15. The minimum absolute atomic E-state index is 0.0207. The quantitative estimate of drug-likeness (QED) is 0.262. The molecule has 7 nitrogen and oxygen atoms in total.